The summed E-state index contributed by atoms with van der Waals surface area (Å²) in [5.41, 5.74) is 3.10. The molecule has 0 N–H and O–H groups in total. The zero-order chi connectivity index (χ0) is 21.9. The molecular formula is C23H18ClN5O2. The zero-order valence-electron chi connectivity index (χ0n) is 17.1. The van der Waals surface area contributed by atoms with Gasteiger partial charge >= 0.3 is 5.69 Å². The third kappa shape index (κ3) is 2.81. The maximum absolute atomic E-state index is 13.3. The van der Waals surface area contributed by atoms with Gasteiger partial charge in [0.15, 0.2) is 11.3 Å². The molecule has 0 atom stereocenters. The minimum atomic E-state index is -0.436. The molecule has 5 rings (SSSR count). The Balaban J connectivity index is 2.07. The number of para-hydroxylation sites is 1. The van der Waals surface area contributed by atoms with Crippen LogP contribution < -0.4 is 11.2 Å². The van der Waals surface area contributed by atoms with Crippen LogP contribution in [0, 0.1) is 6.92 Å². The van der Waals surface area contributed by atoms with E-state index in [9.17, 15) is 9.59 Å². The Morgan fingerprint density at radius 2 is 1.52 bits per heavy atom. The molecule has 0 spiro atoms. The highest BCUT2D eigenvalue weighted by Crippen LogP contribution is 2.36. The highest BCUT2D eigenvalue weighted by molar-refractivity contribution is 6.30. The monoisotopic (exact) mass is 431 g/mol. The van der Waals surface area contributed by atoms with E-state index in [1.165, 1.54) is 11.6 Å². The lowest BCUT2D eigenvalue weighted by Gasteiger charge is -2.13. The fourth-order valence-electron chi connectivity index (χ4n) is 3.97. The molecule has 3 aromatic heterocycles. The van der Waals surface area contributed by atoms with Crippen LogP contribution in [-0.2, 0) is 14.1 Å². The summed E-state index contributed by atoms with van der Waals surface area (Å²) in [5, 5.41) is 6.44. The number of nitrogens with zero attached hydrogens (tertiary/aromatic N) is 5. The number of fused-ring (bicyclic) bond motifs is 2. The van der Waals surface area contributed by atoms with Crippen molar-refractivity contribution in [2.75, 3.05) is 0 Å². The first-order chi connectivity index (χ1) is 14.9. The minimum Gasteiger partial charge on any atom is -0.280 e. The number of aryl methyl sites for hydroxylation is 2. The van der Waals surface area contributed by atoms with Gasteiger partial charge in [-0.15, -0.1) is 0 Å². The van der Waals surface area contributed by atoms with Crippen molar-refractivity contribution in [2.24, 2.45) is 14.1 Å². The Kier molecular flexibility index (Phi) is 4.30. The maximum atomic E-state index is 13.3. The van der Waals surface area contributed by atoms with Crippen LogP contribution >= 0.6 is 11.6 Å². The average molecular weight is 432 g/mol. The van der Waals surface area contributed by atoms with E-state index < -0.39 is 11.2 Å². The molecule has 7 nitrogen and oxygen atoms in total. The van der Waals surface area contributed by atoms with E-state index >= 15 is 0 Å². The molecule has 0 aliphatic rings. The summed E-state index contributed by atoms with van der Waals surface area (Å²) in [5.74, 6) is 0. The molecule has 0 saturated carbocycles. The van der Waals surface area contributed by atoms with Gasteiger partial charge in [-0.05, 0) is 36.8 Å². The van der Waals surface area contributed by atoms with Crippen LogP contribution in [0.1, 0.15) is 5.69 Å². The molecule has 154 valence electrons. The van der Waals surface area contributed by atoms with Gasteiger partial charge in [0, 0.05) is 24.7 Å². The smallest absolute Gasteiger partial charge is 0.280 e. The fourth-order valence-corrected chi connectivity index (χ4v) is 4.10. The lowest BCUT2D eigenvalue weighted by atomic mass is 9.99. The first-order valence-corrected chi connectivity index (χ1v) is 10.1. The van der Waals surface area contributed by atoms with E-state index in [-0.39, 0.29) is 0 Å². The summed E-state index contributed by atoms with van der Waals surface area (Å²) in [7, 11) is 3.09. The van der Waals surface area contributed by atoms with Gasteiger partial charge in [0.2, 0.25) is 0 Å². The Bertz CT molecular complexity index is 1600. The molecule has 2 aromatic carbocycles. The molecule has 0 fully saturated rings. The number of aromatic nitrogens is 5. The van der Waals surface area contributed by atoms with Gasteiger partial charge in [-0.2, -0.15) is 5.10 Å². The van der Waals surface area contributed by atoms with Crippen LogP contribution in [0.4, 0.5) is 0 Å². The van der Waals surface area contributed by atoms with Crippen molar-refractivity contribution >= 4 is 33.7 Å². The second-order valence-corrected chi connectivity index (χ2v) is 7.87. The summed E-state index contributed by atoms with van der Waals surface area (Å²) in [6, 6.07) is 16.9. The third-order valence-corrected chi connectivity index (χ3v) is 5.77. The maximum Gasteiger partial charge on any atom is 0.332 e. The van der Waals surface area contributed by atoms with Gasteiger partial charge in [0.25, 0.3) is 5.56 Å². The fraction of sp³-hybridized carbons (Fsp3) is 0.130. The van der Waals surface area contributed by atoms with Gasteiger partial charge in [-0.1, -0.05) is 41.9 Å². The molecule has 0 unspecified atom stereocenters. The Labute approximate surface area is 181 Å². The van der Waals surface area contributed by atoms with E-state index in [1.807, 2.05) is 49.4 Å². The standard InChI is InChI=1S/C23H18ClN5O2/c1-13-17-18(14-9-11-15(24)12-10-14)19-20(27(2)23(31)28(3)22(19)30)25-21(17)29(26-13)16-7-5-4-6-8-16/h4-12H,1-3H3. The second kappa shape index (κ2) is 6.92. The van der Waals surface area contributed by atoms with Crippen molar-refractivity contribution in [1.29, 1.82) is 0 Å². The lowest BCUT2D eigenvalue weighted by Crippen LogP contribution is -2.37. The van der Waals surface area contributed by atoms with E-state index in [4.69, 9.17) is 21.7 Å². The SMILES string of the molecule is Cc1nn(-c2ccccc2)c2nc3c(c(-c4ccc(Cl)cc4)c12)c(=O)n(C)c(=O)n3C. The van der Waals surface area contributed by atoms with E-state index in [0.717, 1.165) is 26.9 Å². The van der Waals surface area contributed by atoms with E-state index in [0.29, 0.717) is 27.3 Å². The predicted octanol–water partition coefficient (Wildman–Crippen LogP) is 3.60. The van der Waals surface area contributed by atoms with Gasteiger partial charge < -0.3 is 0 Å². The molecule has 5 aromatic rings. The highest BCUT2D eigenvalue weighted by atomic mass is 35.5. The second-order valence-electron chi connectivity index (χ2n) is 7.43. The van der Waals surface area contributed by atoms with Crippen molar-refractivity contribution < 1.29 is 0 Å². The number of halogens is 1. The van der Waals surface area contributed by atoms with Gasteiger partial charge in [-0.25, -0.2) is 14.5 Å². The normalized spacial score (nSPS) is 11.5. The van der Waals surface area contributed by atoms with Crippen LogP contribution in [0.2, 0.25) is 5.02 Å². The molecule has 0 aliphatic carbocycles. The molecule has 8 heteroatoms. The number of hydrogen-bond acceptors (Lipinski definition) is 4. The zero-order valence-corrected chi connectivity index (χ0v) is 17.9. The van der Waals surface area contributed by atoms with Crippen LogP contribution in [0.5, 0.6) is 0 Å². The average Bonchev–Trinajstić information content (AvgIpc) is 3.12. The molecule has 0 amide bonds. The molecule has 0 saturated heterocycles. The van der Waals surface area contributed by atoms with Crippen molar-refractivity contribution in [3.05, 3.63) is 86.2 Å². The van der Waals surface area contributed by atoms with Gasteiger partial charge in [-0.3, -0.25) is 13.9 Å². The van der Waals surface area contributed by atoms with Crippen LogP contribution in [-0.4, -0.2) is 23.9 Å². The Morgan fingerprint density at radius 3 is 2.19 bits per heavy atom. The van der Waals surface area contributed by atoms with Gasteiger partial charge in [0.1, 0.15) is 0 Å². The summed E-state index contributed by atoms with van der Waals surface area (Å²) >= 11 is 6.11. The molecule has 3 heterocycles. The topological polar surface area (TPSA) is 74.7 Å². The van der Waals surface area contributed by atoms with Crippen molar-refractivity contribution in [1.82, 2.24) is 23.9 Å². The van der Waals surface area contributed by atoms with Gasteiger partial charge in [0.05, 0.1) is 22.2 Å². The lowest BCUT2D eigenvalue weighted by molar-refractivity contribution is 0.708. The summed E-state index contributed by atoms with van der Waals surface area (Å²) < 4.78 is 4.24. The van der Waals surface area contributed by atoms with Crippen LogP contribution in [0.25, 0.3) is 38.9 Å². The number of hydrogen-bond donors (Lipinski definition) is 0. The molecule has 0 bridgehead atoms. The Hall–Kier alpha value is -3.71. The summed E-state index contributed by atoms with van der Waals surface area (Å²) in [6.45, 7) is 1.89. The van der Waals surface area contributed by atoms with Crippen molar-refractivity contribution in [3.63, 3.8) is 0 Å². The number of benzene rings is 2. The highest BCUT2D eigenvalue weighted by Gasteiger charge is 2.23. The van der Waals surface area contributed by atoms with E-state index in [1.54, 1.807) is 23.9 Å². The molecule has 31 heavy (non-hydrogen) atoms. The Morgan fingerprint density at radius 1 is 0.839 bits per heavy atom. The quantitative estimate of drug-likeness (QED) is 0.428. The number of pyridine rings is 1. The first-order valence-electron chi connectivity index (χ1n) is 9.69. The third-order valence-electron chi connectivity index (χ3n) is 5.52. The predicted molar refractivity (Wildman–Crippen MR) is 122 cm³/mol. The molecule has 0 radical (unpaired) electrons. The molecular weight excluding hydrogens is 414 g/mol. The van der Waals surface area contributed by atoms with Crippen LogP contribution in [0.15, 0.2) is 64.2 Å². The number of rotatable bonds is 2. The van der Waals surface area contributed by atoms with Crippen LogP contribution in [0.3, 0.4) is 0 Å². The summed E-state index contributed by atoms with van der Waals surface area (Å²) in [4.78, 5) is 30.7. The van der Waals surface area contributed by atoms with E-state index in [2.05, 4.69) is 0 Å². The summed E-state index contributed by atoms with van der Waals surface area (Å²) in [6.07, 6.45) is 0. The van der Waals surface area contributed by atoms with Crippen molar-refractivity contribution in [2.45, 2.75) is 6.92 Å². The largest absolute Gasteiger partial charge is 0.332 e. The molecule has 0 aliphatic heterocycles. The first kappa shape index (κ1) is 19.3. The minimum absolute atomic E-state index is 0.308. The van der Waals surface area contributed by atoms with Crippen molar-refractivity contribution in [3.8, 4) is 16.8 Å².